The van der Waals surface area contributed by atoms with E-state index in [0.29, 0.717) is 27.5 Å². The Morgan fingerprint density at radius 2 is 1.52 bits per heavy atom. The number of benzene rings is 3. The number of hydrogen-bond acceptors (Lipinski definition) is 2. The molecule has 0 aliphatic carbocycles. The highest BCUT2D eigenvalue weighted by molar-refractivity contribution is 6.09. The number of rotatable bonds is 1. The van der Waals surface area contributed by atoms with Gasteiger partial charge in [-0.3, -0.25) is 0 Å². The lowest BCUT2D eigenvalue weighted by Gasteiger charge is -2.11. The van der Waals surface area contributed by atoms with Crippen molar-refractivity contribution in [3.05, 3.63) is 77.4 Å². The Bertz CT molecular complexity index is 1280. The molecule has 27 heavy (non-hydrogen) atoms. The van der Waals surface area contributed by atoms with E-state index in [1.54, 1.807) is 41.0 Å². The Hall–Kier alpha value is -3.77. The van der Waals surface area contributed by atoms with Gasteiger partial charge in [-0.15, -0.1) is 0 Å². The van der Waals surface area contributed by atoms with Crippen molar-refractivity contribution in [2.24, 2.45) is 0 Å². The van der Waals surface area contributed by atoms with Gasteiger partial charge in [0.15, 0.2) is 0 Å². The number of nitriles is 2. The molecule has 1 heterocycles. The lowest BCUT2D eigenvalue weighted by atomic mass is 10.1. The first-order chi connectivity index (χ1) is 13.0. The third kappa shape index (κ3) is 2.51. The fourth-order valence-electron chi connectivity index (χ4n) is 3.35. The van der Waals surface area contributed by atoms with E-state index in [2.05, 4.69) is 0 Å². The van der Waals surface area contributed by atoms with Crippen LogP contribution in [0.3, 0.4) is 0 Å². The summed E-state index contributed by atoms with van der Waals surface area (Å²) in [5.74, 6) is 0. The third-order valence-electron chi connectivity index (χ3n) is 4.52. The summed E-state index contributed by atoms with van der Waals surface area (Å²) in [4.78, 5) is 0. The third-order valence-corrected chi connectivity index (χ3v) is 4.52. The van der Waals surface area contributed by atoms with E-state index in [-0.39, 0.29) is 11.1 Å². The van der Waals surface area contributed by atoms with Gasteiger partial charge in [0.1, 0.15) is 12.1 Å². The van der Waals surface area contributed by atoms with E-state index in [4.69, 9.17) is 0 Å². The first-order valence-corrected chi connectivity index (χ1v) is 7.99. The minimum absolute atomic E-state index is 0.183. The molecule has 0 unspecified atom stereocenters. The molecule has 0 aliphatic heterocycles. The molecule has 3 aromatic carbocycles. The topological polar surface area (TPSA) is 52.5 Å². The molecule has 6 heteroatoms. The zero-order valence-electron chi connectivity index (χ0n) is 13.7. The second-order valence-electron chi connectivity index (χ2n) is 6.01. The predicted molar refractivity (Wildman–Crippen MR) is 95.2 cm³/mol. The lowest BCUT2D eigenvalue weighted by Crippen LogP contribution is -2.04. The van der Waals surface area contributed by atoms with Crippen LogP contribution in [0.25, 0.3) is 27.5 Å². The summed E-state index contributed by atoms with van der Waals surface area (Å²) >= 11 is 0. The quantitative estimate of drug-likeness (QED) is 0.447. The molecule has 0 spiro atoms. The van der Waals surface area contributed by atoms with E-state index in [0.717, 1.165) is 12.1 Å². The van der Waals surface area contributed by atoms with Crippen molar-refractivity contribution in [1.29, 1.82) is 10.5 Å². The van der Waals surface area contributed by atoms with Crippen molar-refractivity contribution in [1.82, 2.24) is 4.57 Å². The fourth-order valence-corrected chi connectivity index (χ4v) is 3.35. The van der Waals surface area contributed by atoms with Crippen LogP contribution in [0, 0.1) is 22.7 Å². The Morgan fingerprint density at radius 1 is 0.778 bits per heavy atom. The Balaban J connectivity index is 2.17. The molecule has 0 fully saturated rings. The minimum Gasteiger partial charge on any atom is -0.308 e. The van der Waals surface area contributed by atoms with Gasteiger partial charge in [-0.05, 0) is 36.4 Å². The lowest BCUT2D eigenvalue weighted by molar-refractivity contribution is -0.137. The van der Waals surface area contributed by atoms with Gasteiger partial charge in [0, 0.05) is 10.8 Å². The van der Waals surface area contributed by atoms with Crippen molar-refractivity contribution in [2.75, 3.05) is 0 Å². The molecule has 0 amide bonds. The largest absolute Gasteiger partial charge is 0.416 e. The van der Waals surface area contributed by atoms with Crippen molar-refractivity contribution >= 4 is 21.8 Å². The number of halogens is 3. The van der Waals surface area contributed by atoms with Gasteiger partial charge in [-0.25, -0.2) is 0 Å². The van der Waals surface area contributed by atoms with Crippen molar-refractivity contribution in [2.45, 2.75) is 6.18 Å². The predicted octanol–water partition coefficient (Wildman–Crippen LogP) is 5.55. The van der Waals surface area contributed by atoms with Crippen LogP contribution in [0.1, 0.15) is 16.7 Å². The molecule has 130 valence electrons. The molecule has 0 saturated heterocycles. The average Bonchev–Trinajstić information content (AvgIpc) is 3.00. The second kappa shape index (κ2) is 5.89. The van der Waals surface area contributed by atoms with E-state index < -0.39 is 11.7 Å². The summed E-state index contributed by atoms with van der Waals surface area (Å²) in [7, 11) is 0. The molecule has 0 aliphatic rings. The monoisotopic (exact) mass is 361 g/mol. The van der Waals surface area contributed by atoms with E-state index in [1.165, 1.54) is 12.1 Å². The first-order valence-electron chi connectivity index (χ1n) is 7.99. The van der Waals surface area contributed by atoms with Crippen LogP contribution in [0.4, 0.5) is 13.2 Å². The van der Waals surface area contributed by atoms with Crippen LogP contribution < -0.4 is 0 Å². The molecular weight excluding hydrogens is 351 g/mol. The summed E-state index contributed by atoms with van der Waals surface area (Å²) in [6, 6.07) is 19.5. The molecule has 4 rings (SSSR count). The van der Waals surface area contributed by atoms with E-state index in [9.17, 15) is 23.7 Å². The van der Waals surface area contributed by atoms with Crippen molar-refractivity contribution < 1.29 is 13.2 Å². The summed E-state index contributed by atoms with van der Waals surface area (Å²) < 4.78 is 41.3. The van der Waals surface area contributed by atoms with Gasteiger partial charge < -0.3 is 4.57 Å². The summed E-state index contributed by atoms with van der Waals surface area (Å²) in [6.07, 6.45) is -4.45. The van der Waals surface area contributed by atoms with Crippen LogP contribution >= 0.6 is 0 Å². The molecule has 1 aromatic heterocycles. The first kappa shape index (κ1) is 16.7. The van der Waals surface area contributed by atoms with E-state index in [1.807, 2.05) is 12.1 Å². The van der Waals surface area contributed by atoms with Crippen LogP contribution in [-0.4, -0.2) is 4.57 Å². The Morgan fingerprint density at radius 3 is 2.22 bits per heavy atom. The molecule has 3 nitrogen and oxygen atoms in total. The molecule has 0 atom stereocenters. The highest BCUT2D eigenvalue weighted by Gasteiger charge is 2.31. The van der Waals surface area contributed by atoms with Crippen molar-refractivity contribution in [3.8, 4) is 17.8 Å². The van der Waals surface area contributed by atoms with Gasteiger partial charge in [0.2, 0.25) is 0 Å². The SMILES string of the molecule is N#Cc1cccc(-n2c3ccccc3c3cc(C(F)(F)F)ccc32)c1C#N. The number of alkyl halides is 3. The zero-order valence-corrected chi connectivity index (χ0v) is 13.7. The highest BCUT2D eigenvalue weighted by Crippen LogP contribution is 2.37. The molecule has 0 radical (unpaired) electrons. The van der Waals surface area contributed by atoms with Crippen LogP contribution in [0.2, 0.25) is 0 Å². The summed E-state index contributed by atoms with van der Waals surface area (Å²) in [6.45, 7) is 0. The fraction of sp³-hybridized carbons (Fsp3) is 0.0476. The highest BCUT2D eigenvalue weighted by atomic mass is 19.4. The number of hydrogen-bond donors (Lipinski definition) is 0. The van der Waals surface area contributed by atoms with Crippen molar-refractivity contribution in [3.63, 3.8) is 0 Å². The standard InChI is InChI=1S/C21H10F3N3/c22-21(23,24)14-8-9-20-16(10-14)15-5-1-2-6-18(15)27(20)19-7-3-4-13(11-25)17(19)12-26/h1-10H. The number of para-hydroxylation sites is 1. The Labute approximate surface area is 152 Å². The smallest absolute Gasteiger partial charge is 0.308 e. The number of nitrogens with zero attached hydrogens (tertiary/aromatic N) is 3. The summed E-state index contributed by atoms with van der Waals surface area (Å²) in [5.41, 5.74) is 1.33. The number of aromatic nitrogens is 1. The van der Waals surface area contributed by atoms with Crippen LogP contribution in [-0.2, 0) is 6.18 Å². The molecule has 4 aromatic rings. The van der Waals surface area contributed by atoms with Gasteiger partial charge in [-0.1, -0.05) is 24.3 Å². The molecular formula is C21H10F3N3. The van der Waals surface area contributed by atoms with Gasteiger partial charge in [0.05, 0.1) is 33.4 Å². The normalized spacial score (nSPS) is 11.4. The second-order valence-corrected chi connectivity index (χ2v) is 6.01. The van der Waals surface area contributed by atoms with E-state index >= 15 is 0 Å². The molecule has 0 saturated carbocycles. The maximum absolute atomic E-state index is 13.2. The Kier molecular flexibility index (Phi) is 3.64. The maximum atomic E-state index is 13.2. The van der Waals surface area contributed by atoms with Crippen LogP contribution in [0.5, 0.6) is 0 Å². The number of fused-ring (bicyclic) bond motifs is 3. The summed E-state index contributed by atoms with van der Waals surface area (Å²) in [5, 5.41) is 19.9. The molecule has 0 bridgehead atoms. The maximum Gasteiger partial charge on any atom is 0.416 e. The van der Waals surface area contributed by atoms with Gasteiger partial charge >= 0.3 is 6.18 Å². The van der Waals surface area contributed by atoms with Gasteiger partial charge in [0.25, 0.3) is 0 Å². The zero-order chi connectivity index (χ0) is 19.2. The molecule has 0 N–H and O–H groups in total. The average molecular weight is 361 g/mol. The minimum atomic E-state index is -4.45. The van der Waals surface area contributed by atoms with Crippen LogP contribution in [0.15, 0.2) is 60.7 Å². The van der Waals surface area contributed by atoms with Gasteiger partial charge in [-0.2, -0.15) is 23.7 Å².